The molecule has 3 rings (SSSR count). The van der Waals surface area contributed by atoms with Crippen LogP contribution in [0.1, 0.15) is 30.0 Å². The van der Waals surface area contributed by atoms with E-state index in [0.29, 0.717) is 6.04 Å². The van der Waals surface area contributed by atoms with Gasteiger partial charge in [-0.1, -0.05) is 11.6 Å². The van der Waals surface area contributed by atoms with Gasteiger partial charge in [-0.3, -0.25) is 0 Å². The smallest absolute Gasteiger partial charge is 0.127 e. The molecule has 1 aromatic carbocycles. The van der Waals surface area contributed by atoms with E-state index in [1.165, 1.54) is 24.0 Å². The van der Waals surface area contributed by atoms with Gasteiger partial charge in [0.05, 0.1) is 6.61 Å². The molecule has 80 valence electrons. The Labute approximate surface area is 94.6 Å². The van der Waals surface area contributed by atoms with Crippen molar-refractivity contribution in [1.29, 1.82) is 0 Å². The minimum atomic E-state index is 0.440. The van der Waals surface area contributed by atoms with Crippen molar-refractivity contribution in [3.63, 3.8) is 0 Å². The highest BCUT2D eigenvalue weighted by atomic mass is 35.5. The molecule has 2 nitrogen and oxygen atoms in total. The first kappa shape index (κ1) is 9.49. The van der Waals surface area contributed by atoms with Crippen LogP contribution in [-0.2, 0) is 6.42 Å². The van der Waals surface area contributed by atoms with Gasteiger partial charge >= 0.3 is 0 Å². The molecule has 15 heavy (non-hydrogen) atoms. The van der Waals surface area contributed by atoms with Crippen molar-refractivity contribution in [3.05, 3.63) is 28.3 Å². The Balaban J connectivity index is 2.05. The van der Waals surface area contributed by atoms with Crippen molar-refractivity contribution >= 4 is 11.6 Å². The quantitative estimate of drug-likeness (QED) is 0.791. The molecule has 1 aromatic rings. The predicted molar refractivity (Wildman–Crippen MR) is 60.6 cm³/mol. The zero-order valence-electron chi connectivity index (χ0n) is 8.55. The molecule has 0 amide bonds. The molecule has 1 saturated heterocycles. The maximum atomic E-state index is 6.12. The summed E-state index contributed by atoms with van der Waals surface area (Å²) in [5.41, 5.74) is 2.53. The number of rotatable bonds is 1. The molecular weight excluding hydrogens is 210 g/mol. The van der Waals surface area contributed by atoms with Crippen LogP contribution in [0.25, 0.3) is 0 Å². The van der Waals surface area contributed by atoms with Crippen molar-refractivity contribution < 1.29 is 4.74 Å². The minimum Gasteiger partial charge on any atom is -0.493 e. The third-order valence-corrected chi connectivity index (χ3v) is 3.43. The van der Waals surface area contributed by atoms with Crippen LogP contribution in [0.2, 0.25) is 5.02 Å². The third-order valence-electron chi connectivity index (χ3n) is 3.21. The molecule has 2 heterocycles. The number of halogens is 1. The molecule has 1 fully saturated rings. The Kier molecular flexibility index (Phi) is 2.33. The molecule has 2 aliphatic heterocycles. The number of hydrogen-bond donors (Lipinski definition) is 1. The minimum absolute atomic E-state index is 0.440. The third kappa shape index (κ3) is 1.62. The number of hydrogen-bond acceptors (Lipinski definition) is 2. The van der Waals surface area contributed by atoms with E-state index in [-0.39, 0.29) is 0 Å². The Morgan fingerprint density at radius 1 is 1.40 bits per heavy atom. The SMILES string of the molecule is Clc1cc2c(c([C@H]3CCCN3)c1)OCC2. The lowest BCUT2D eigenvalue weighted by Crippen LogP contribution is -2.13. The summed E-state index contributed by atoms with van der Waals surface area (Å²) >= 11 is 6.12. The van der Waals surface area contributed by atoms with Gasteiger partial charge < -0.3 is 10.1 Å². The summed E-state index contributed by atoms with van der Waals surface area (Å²) in [6.07, 6.45) is 3.43. The first-order valence-electron chi connectivity index (χ1n) is 5.53. The van der Waals surface area contributed by atoms with Gasteiger partial charge in [0.2, 0.25) is 0 Å². The maximum Gasteiger partial charge on any atom is 0.127 e. The molecule has 1 N–H and O–H groups in total. The van der Waals surface area contributed by atoms with Crippen molar-refractivity contribution in [2.75, 3.05) is 13.2 Å². The van der Waals surface area contributed by atoms with Gasteiger partial charge in [0.1, 0.15) is 5.75 Å². The molecule has 0 saturated carbocycles. The number of benzene rings is 1. The zero-order chi connectivity index (χ0) is 10.3. The van der Waals surface area contributed by atoms with Crippen LogP contribution < -0.4 is 10.1 Å². The number of fused-ring (bicyclic) bond motifs is 1. The van der Waals surface area contributed by atoms with E-state index in [1.54, 1.807) is 0 Å². The summed E-state index contributed by atoms with van der Waals surface area (Å²) in [6.45, 7) is 1.90. The molecule has 1 atom stereocenters. The largest absolute Gasteiger partial charge is 0.493 e. The average Bonchev–Trinajstić information content (AvgIpc) is 2.86. The summed E-state index contributed by atoms with van der Waals surface area (Å²) in [7, 11) is 0. The second-order valence-electron chi connectivity index (χ2n) is 4.23. The summed E-state index contributed by atoms with van der Waals surface area (Å²) in [4.78, 5) is 0. The van der Waals surface area contributed by atoms with E-state index in [1.807, 2.05) is 6.07 Å². The number of nitrogens with one attached hydrogen (secondary N) is 1. The zero-order valence-corrected chi connectivity index (χ0v) is 9.31. The molecule has 2 aliphatic rings. The van der Waals surface area contributed by atoms with Gasteiger partial charge in [-0.2, -0.15) is 0 Å². The van der Waals surface area contributed by atoms with Gasteiger partial charge in [-0.25, -0.2) is 0 Å². The Hall–Kier alpha value is -0.730. The predicted octanol–water partition coefficient (Wildman–Crippen LogP) is 2.70. The average molecular weight is 224 g/mol. The fourth-order valence-corrected chi connectivity index (χ4v) is 2.76. The van der Waals surface area contributed by atoms with Gasteiger partial charge in [-0.05, 0) is 37.1 Å². The summed E-state index contributed by atoms with van der Waals surface area (Å²) in [5, 5.41) is 4.33. The van der Waals surface area contributed by atoms with Crippen LogP contribution in [0.4, 0.5) is 0 Å². The van der Waals surface area contributed by atoms with Crippen LogP contribution in [0, 0.1) is 0 Å². The Bertz CT molecular complexity index is 385. The highest BCUT2D eigenvalue weighted by Crippen LogP contribution is 2.38. The van der Waals surface area contributed by atoms with Crippen LogP contribution in [-0.4, -0.2) is 13.2 Å². The Morgan fingerprint density at radius 3 is 3.13 bits per heavy atom. The monoisotopic (exact) mass is 223 g/mol. The van der Waals surface area contributed by atoms with Crippen LogP contribution in [0.5, 0.6) is 5.75 Å². The van der Waals surface area contributed by atoms with E-state index in [2.05, 4.69) is 11.4 Å². The van der Waals surface area contributed by atoms with E-state index < -0.39 is 0 Å². The summed E-state index contributed by atoms with van der Waals surface area (Å²) < 4.78 is 5.70. The first-order valence-corrected chi connectivity index (χ1v) is 5.91. The summed E-state index contributed by atoms with van der Waals surface area (Å²) in [5.74, 6) is 1.08. The normalized spacial score (nSPS) is 23.9. The lowest BCUT2D eigenvalue weighted by Gasteiger charge is -2.15. The van der Waals surface area contributed by atoms with Gasteiger partial charge in [-0.15, -0.1) is 0 Å². The maximum absolute atomic E-state index is 6.12. The van der Waals surface area contributed by atoms with E-state index in [9.17, 15) is 0 Å². The Morgan fingerprint density at radius 2 is 2.33 bits per heavy atom. The molecule has 0 unspecified atom stereocenters. The molecule has 3 heteroatoms. The highest BCUT2D eigenvalue weighted by molar-refractivity contribution is 6.30. The lowest BCUT2D eigenvalue weighted by molar-refractivity contribution is 0.350. The number of ether oxygens (including phenoxy) is 1. The fraction of sp³-hybridized carbons (Fsp3) is 0.500. The van der Waals surface area contributed by atoms with E-state index >= 15 is 0 Å². The fourth-order valence-electron chi connectivity index (χ4n) is 2.51. The highest BCUT2D eigenvalue weighted by Gasteiger charge is 2.25. The molecule has 0 aromatic heterocycles. The topological polar surface area (TPSA) is 21.3 Å². The standard InChI is InChI=1S/C12H14ClNO/c13-9-6-8-3-5-15-12(8)10(7-9)11-2-1-4-14-11/h6-7,11,14H,1-5H2/t11-/m1/s1. The molecular formula is C12H14ClNO. The first-order chi connectivity index (χ1) is 7.34. The molecule has 0 aliphatic carbocycles. The summed E-state index contributed by atoms with van der Waals surface area (Å²) in [6, 6.07) is 4.52. The van der Waals surface area contributed by atoms with E-state index in [4.69, 9.17) is 16.3 Å². The molecule has 0 bridgehead atoms. The van der Waals surface area contributed by atoms with Gasteiger partial charge in [0.25, 0.3) is 0 Å². The molecule has 0 spiro atoms. The van der Waals surface area contributed by atoms with Crippen molar-refractivity contribution in [3.8, 4) is 5.75 Å². The van der Waals surface area contributed by atoms with Crippen LogP contribution >= 0.6 is 11.6 Å². The second kappa shape index (κ2) is 3.69. The van der Waals surface area contributed by atoms with Crippen molar-refractivity contribution in [2.45, 2.75) is 25.3 Å². The van der Waals surface area contributed by atoms with Crippen molar-refractivity contribution in [1.82, 2.24) is 5.32 Å². The lowest BCUT2D eigenvalue weighted by atomic mass is 10.0. The van der Waals surface area contributed by atoms with Crippen LogP contribution in [0.3, 0.4) is 0 Å². The van der Waals surface area contributed by atoms with Gasteiger partial charge in [0, 0.05) is 23.0 Å². The van der Waals surface area contributed by atoms with Gasteiger partial charge in [0.15, 0.2) is 0 Å². The van der Waals surface area contributed by atoms with Crippen LogP contribution in [0.15, 0.2) is 12.1 Å². The molecule has 0 radical (unpaired) electrons. The van der Waals surface area contributed by atoms with Crippen molar-refractivity contribution in [2.24, 2.45) is 0 Å². The van der Waals surface area contributed by atoms with E-state index in [0.717, 1.165) is 30.3 Å². The second-order valence-corrected chi connectivity index (χ2v) is 4.67.